The summed E-state index contributed by atoms with van der Waals surface area (Å²) in [5, 5.41) is 0. The smallest absolute Gasteiger partial charge is 0.0464 e. The lowest BCUT2D eigenvalue weighted by atomic mass is 9.58. The van der Waals surface area contributed by atoms with E-state index in [9.17, 15) is 0 Å². The van der Waals surface area contributed by atoms with Crippen molar-refractivity contribution in [2.24, 2.45) is 11.8 Å². The third-order valence-electron chi connectivity index (χ3n) is 13.4. The number of anilines is 6. The van der Waals surface area contributed by atoms with E-state index in [1.807, 2.05) is 0 Å². The van der Waals surface area contributed by atoms with Crippen molar-refractivity contribution >= 4 is 34.1 Å². The molecule has 0 saturated heterocycles. The molecule has 3 aliphatic carbocycles. The van der Waals surface area contributed by atoms with E-state index in [-0.39, 0.29) is 5.41 Å². The Morgan fingerprint density at radius 1 is 0.365 bits per heavy atom. The van der Waals surface area contributed by atoms with E-state index in [0.717, 1.165) is 40.5 Å². The molecular formula is C61H48N2. The highest BCUT2D eigenvalue weighted by Gasteiger charge is 2.55. The van der Waals surface area contributed by atoms with Crippen molar-refractivity contribution in [1.82, 2.24) is 0 Å². The van der Waals surface area contributed by atoms with Crippen molar-refractivity contribution in [3.8, 4) is 22.3 Å². The van der Waals surface area contributed by atoms with Gasteiger partial charge in [0.15, 0.2) is 0 Å². The van der Waals surface area contributed by atoms with Crippen LogP contribution < -0.4 is 9.80 Å². The van der Waals surface area contributed by atoms with E-state index in [0.29, 0.717) is 17.8 Å². The standard InChI is InChI=1S/C61H48N2/c1-6-18-45(19-7-1)46-30-36-53(37-31-46)62(51-24-12-4-13-25-51)54-38-32-47(33-39-54)48-34-40-55(41-35-48)63(52-26-14-5-15-27-52)56-42-43-58-57-28-16-17-29-59(57)61(60(58)44-56,49-20-8-2-9-21-49)50-22-10-3-11-23-50/h1-22,24-44,50,57,59H,23H2. The monoisotopic (exact) mass is 808 g/mol. The molecule has 0 saturated carbocycles. The fourth-order valence-electron chi connectivity index (χ4n) is 10.6. The van der Waals surface area contributed by atoms with Crippen LogP contribution in [-0.4, -0.2) is 0 Å². The number of nitrogens with zero attached hydrogens (tertiary/aromatic N) is 2. The van der Waals surface area contributed by atoms with E-state index < -0.39 is 0 Å². The summed E-state index contributed by atoms with van der Waals surface area (Å²) in [6.45, 7) is 0. The molecule has 0 amide bonds. The highest BCUT2D eigenvalue weighted by atomic mass is 15.1. The molecule has 8 aromatic rings. The van der Waals surface area contributed by atoms with Crippen molar-refractivity contribution < 1.29 is 0 Å². The SMILES string of the molecule is C1=CCC(C2(c3ccccc3)c3cc(N(c4ccccc4)c4ccc(-c5ccc(N(c6ccccc6)c6ccc(-c7ccccc7)cc6)cc5)cc4)ccc3C3C=CC=CC32)C=C1. The topological polar surface area (TPSA) is 6.48 Å². The zero-order chi connectivity index (χ0) is 42.0. The third-order valence-corrected chi connectivity index (χ3v) is 13.4. The maximum Gasteiger partial charge on any atom is 0.0464 e. The number of hydrogen-bond donors (Lipinski definition) is 0. The van der Waals surface area contributed by atoms with Gasteiger partial charge in [-0.15, -0.1) is 0 Å². The summed E-state index contributed by atoms with van der Waals surface area (Å²) in [6.07, 6.45) is 19.7. The Kier molecular flexibility index (Phi) is 10.1. The molecule has 8 aromatic carbocycles. The first-order valence-corrected chi connectivity index (χ1v) is 22.2. The Bertz CT molecular complexity index is 2950. The summed E-state index contributed by atoms with van der Waals surface area (Å²) in [6, 6.07) is 77.5. The van der Waals surface area contributed by atoms with Gasteiger partial charge in [0.2, 0.25) is 0 Å². The van der Waals surface area contributed by atoms with Gasteiger partial charge >= 0.3 is 0 Å². The van der Waals surface area contributed by atoms with Crippen molar-refractivity contribution in [1.29, 1.82) is 0 Å². The minimum atomic E-state index is -0.222. The first kappa shape index (κ1) is 38.3. The molecule has 4 unspecified atom stereocenters. The molecule has 2 heteroatoms. The lowest BCUT2D eigenvalue weighted by Crippen LogP contribution is -2.40. The largest absolute Gasteiger partial charge is 0.311 e. The minimum absolute atomic E-state index is 0.222. The molecule has 4 atom stereocenters. The maximum absolute atomic E-state index is 2.52. The second-order valence-corrected chi connectivity index (χ2v) is 16.8. The molecule has 0 aromatic heterocycles. The van der Waals surface area contributed by atoms with Crippen LogP contribution in [0.25, 0.3) is 22.3 Å². The maximum atomic E-state index is 2.52. The van der Waals surface area contributed by atoms with Gasteiger partial charge in [-0.05, 0) is 124 Å². The van der Waals surface area contributed by atoms with Crippen molar-refractivity contribution in [2.75, 3.05) is 9.80 Å². The molecule has 2 nitrogen and oxygen atoms in total. The number of para-hydroxylation sites is 2. The fraction of sp³-hybridized carbons (Fsp3) is 0.0820. The van der Waals surface area contributed by atoms with Gasteiger partial charge in [-0.1, -0.05) is 188 Å². The van der Waals surface area contributed by atoms with E-state index in [1.54, 1.807) is 0 Å². The molecule has 3 aliphatic rings. The Morgan fingerprint density at radius 3 is 1.32 bits per heavy atom. The van der Waals surface area contributed by atoms with Gasteiger partial charge < -0.3 is 9.80 Å². The fourth-order valence-corrected chi connectivity index (χ4v) is 10.6. The van der Waals surface area contributed by atoms with Crippen LogP contribution in [0.5, 0.6) is 0 Å². The molecule has 0 fully saturated rings. The van der Waals surface area contributed by atoms with E-state index in [2.05, 4.69) is 271 Å². The van der Waals surface area contributed by atoms with Crippen LogP contribution in [-0.2, 0) is 5.41 Å². The molecule has 0 radical (unpaired) electrons. The van der Waals surface area contributed by atoms with Gasteiger partial charge in [0.05, 0.1) is 0 Å². The lowest BCUT2D eigenvalue weighted by molar-refractivity contribution is 0.301. The zero-order valence-electron chi connectivity index (χ0n) is 35.2. The van der Waals surface area contributed by atoms with Crippen LogP contribution in [0.4, 0.5) is 34.1 Å². The zero-order valence-corrected chi connectivity index (χ0v) is 35.2. The van der Waals surface area contributed by atoms with Crippen LogP contribution in [0.1, 0.15) is 29.0 Å². The van der Waals surface area contributed by atoms with Crippen LogP contribution in [0.15, 0.2) is 261 Å². The second-order valence-electron chi connectivity index (χ2n) is 16.8. The predicted molar refractivity (Wildman–Crippen MR) is 265 cm³/mol. The Hall–Kier alpha value is -7.68. The summed E-state index contributed by atoms with van der Waals surface area (Å²) < 4.78 is 0. The van der Waals surface area contributed by atoms with Crippen molar-refractivity contribution in [3.05, 3.63) is 278 Å². The first-order chi connectivity index (χ1) is 31.3. The molecule has 0 N–H and O–H groups in total. The Balaban J connectivity index is 0.950. The molecule has 11 rings (SSSR count). The quantitative estimate of drug-likeness (QED) is 0.136. The van der Waals surface area contributed by atoms with Gasteiger partial charge in [0, 0.05) is 51.4 Å². The van der Waals surface area contributed by atoms with Crippen LogP contribution in [0, 0.1) is 11.8 Å². The minimum Gasteiger partial charge on any atom is -0.311 e. The molecule has 0 aliphatic heterocycles. The van der Waals surface area contributed by atoms with Gasteiger partial charge in [-0.25, -0.2) is 0 Å². The highest BCUT2D eigenvalue weighted by molar-refractivity contribution is 5.82. The molecule has 0 heterocycles. The second kappa shape index (κ2) is 16.6. The normalized spacial score (nSPS) is 19.3. The van der Waals surface area contributed by atoms with E-state index in [1.165, 1.54) is 38.9 Å². The van der Waals surface area contributed by atoms with Gasteiger partial charge in [-0.2, -0.15) is 0 Å². The summed E-state index contributed by atoms with van der Waals surface area (Å²) in [5.74, 6) is 0.947. The number of rotatable bonds is 10. The van der Waals surface area contributed by atoms with E-state index in [4.69, 9.17) is 0 Å². The van der Waals surface area contributed by atoms with Crippen LogP contribution in [0.3, 0.4) is 0 Å². The Labute approximate surface area is 371 Å². The molecule has 0 bridgehead atoms. The molecular weight excluding hydrogens is 761 g/mol. The number of allylic oxidation sites excluding steroid dienone is 8. The summed E-state index contributed by atoms with van der Waals surface area (Å²) in [4.78, 5) is 4.75. The van der Waals surface area contributed by atoms with Crippen LogP contribution in [0.2, 0.25) is 0 Å². The van der Waals surface area contributed by atoms with Crippen molar-refractivity contribution in [2.45, 2.75) is 17.8 Å². The number of hydrogen-bond acceptors (Lipinski definition) is 2. The first-order valence-electron chi connectivity index (χ1n) is 22.2. The highest BCUT2D eigenvalue weighted by Crippen LogP contribution is 2.62. The summed E-state index contributed by atoms with van der Waals surface area (Å²) in [7, 11) is 0. The molecule has 0 spiro atoms. The van der Waals surface area contributed by atoms with Gasteiger partial charge in [0.1, 0.15) is 0 Å². The lowest BCUT2D eigenvalue weighted by Gasteiger charge is -2.44. The Morgan fingerprint density at radius 2 is 0.794 bits per heavy atom. The predicted octanol–water partition coefficient (Wildman–Crippen LogP) is 16.2. The molecule has 63 heavy (non-hydrogen) atoms. The average Bonchev–Trinajstić information content (AvgIpc) is 3.67. The summed E-state index contributed by atoms with van der Waals surface area (Å²) in [5.41, 5.74) is 15.6. The van der Waals surface area contributed by atoms with E-state index >= 15 is 0 Å². The molecule has 302 valence electrons. The van der Waals surface area contributed by atoms with Crippen molar-refractivity contribution in [3.63, 3.8) is 0 Å². The van der Waals surface area contributed by atoms with Crippen LogP contribution >= 0.6 is 0 Å². The summed E-state index contributed by atoms with van der Waals surface area (Å²) >= 11 is 0. The van der Waals surface area contributed by atoms with Gasteiger partial charge in [-0.3, -0.25) is 0 Å². The average molecular weight is 809 g/mol. The number of benzene rings is 8. The third kappa shape index (κ3) is 6.95. The van der Waals surface area contributed by atoms with Gasteiger partial charge in [0.25, 0.3) is 0 Å². The number of fused-ring (bicyclic) bond motifs is 3.